The molecular formula is C13H19N3. The number of hydrogen-bond donors (Lipinski definition) is 1. The quantitative estimate of drug-likeness (QED) is 0.852. The highest BCUT2D eigenvalue weighted by atomic mass is 15.0. The lowest BCUT2D eigenvalue weighted by molar-refractivity contribution is 0.547. The predicted octanol–water partition coefficient (Wildman–Crippen LogP) is 2.39. The van der Waals surface area contributed by atoms with Crippen molar-refractivity contribution < 1.29 is 0 Å². The van der Waals surface area contributed by atoms with Crippen LogP contribution in [-0.2, 0) is 6.54 Å². The first-order valence-corrected chi connectivity index (χ1v) is 5.80. The number of pyridine rings is 1. The molecule has 0 aromatic carbocycles. The molecule has 1 N–H and O–H groups in total. The first-order chi connectivity index (χ1) is 7.68. The molecule has 0 fully saturated rings. The fraction of sp³-hybridized carbons (Fsp3) is 0.462. The Balaban J connectivity index is 2.16. The Morgan fingerprint density at radius 3 is 3.00 bits per heavy atom. The number of aryl methyl sites for hydroxylation is 1. The standard InChI is InChI=1S/C13H19N3/c1-10(2)7-14-8-12-9-15-13-11(3)5-4-6-16(12)13/h4-6,9-10,14H,7-8H2,1-3H3. The summed E-state index contributed by atoms with van der Waals surface area (Å²) >= 11 is 0. The SMILES string of the molecule is Cc1cccn2c(CNCC(C)C)cnc12. The molecule has 2 aromatic rings. The molecular weight excluding hydrogens is 198 g/mol. The summed E-state index contributed by atoms with van der Waals surface area (Å²) in [5, 5.41) is 3.44. The third-order valence-electron chi connectivity index (χ3n) is 2.67. The Morgan fingerprint density at radius 2 is 2.25 bits per heavy atom. The lowest BCUT2D eigenvalue weighted by atomic mass is 10.2. The van der Waals surface area contributed by atoms with Gasteiger partial charge in [0.1, 0.15) is 5.65 Å². The second-order valence-corrected chi connectivity index (χ2v) is 4.66. The van der Waals surface area contributed by atoms with E-state index in [1.807, 2.05) is 6.20 Å². The average Bonchev–Trinajstić information content (AvgIpc) is 2.63. The summed E-state index contributed by atoms with van der Waals surface area (Å²) in [6.07, 6.45) is 4.03. The van der Waals surface area contributed by atoms with Crippen molar-refractivity contribution in [3.63, 3.8) is 0 Å². The summed E-state index contributed by atoms with van der Waals surface area (Å²) in [5.41, 5.74) is 3.50. The number of rotatable bonds is 4. The van der Waals surface area contributed by atoms with E-state index in [1.54, 1.807) is 0 Å². The van der Waals surface area contributed by atoms with E-state index >= 15 is 0 Å². The largest absolute Gasteiger partial charge is 0.311 e. The molecule has 16 heavy (non-hydrogen) atoms. The van der Waals surface area contributed by atoms with Crippen LogP contribution in [0.4, 0.5) is 0 Å². The van der Waals surface area contributed by atoms with Gasteiger partial charge in [0.05, 0.1) is 11.9 Å². The molecule has 0 amide bonds. The molecule has 0 saturated carbocycles. The molecule has 2 aromatic heterocycles. The van der Waals surface area contributed by atoms with Gasteiger partial charge in [-0.15, -0.1) is 0 Å². The predicted molar refractivity (Wildman–Crippen MR) is 66.5 cm³/mol. The van der Waals surface area contributed by atoms with Crippen LogP contribution in [0.5, 0.6) is 0 Å². The van der Waals surface area contributed by atoms with E-state index in [-0.39, 0.29) is 0 Å². The van der Waals surface area contributed by atoms with Gasteiger partial charge in [0.15, 0.2) is 0 Å². The van der Waals surface area contributed by atoms with Gasteiger partial charge in [-0.1, -0.05) is 19.9 Å². The number of fused-ring (bicyclic) bond motifs is 1. The van der Waals surface area contributed by atoms with E-state index in [0.29, 0.717) is 5.92 Å². The van der Waals surface area contributed by atoms with E-state index in [0.717, 1.165) is 18.7 Å². The van der Waals surface area contributed by atoms with E-state index in [2.05, 4.69) is 53.8 Å². The topological polar surface area (TPSA) is 29.3 Å². The second-order valence-electron chi connectivity index (χ2n) is 4.66. The van der Waals surface area contributed by atoms with Crippen LogP contribution in [0.15, 0.2) is 24.5 Å². The normalized spacial score (nSPS) is 11.5. The van der Waals surface area contributed by atoms with Gasteiger partial charge in [0.2, 0.25) is 0 Å². The van der Waals surface area contributed by atoms with E-state index in [1.165, 1.54) is 11.3 Å². The first-order valence-electron chi connectivity index (χ1n) is 5.80. The van der Waals surface area contributed by atoms with Gasteiger partial charge in [-0.2, -0.15) is 0 Å². The molecule has 2 heterocycles. The van der Waals surface area contributed by atoms with Crippen LogP contribution in [0.1, 0.15) is 25.1 Å². The van der Waals surface area contributed by atoms with E-state index in [9.17, 15) is 0 Å². The summed E-state index contributed by atoms with van der Waals surface area (Å²) < 4.78 is 2.16. The van der Waals surface area contributed by atoms with Crippen molar-refractivity contribution in [2.75, 3.05) is 6.54 Å². The van der Waals surface area contributed by atoms with E-state index in [4.69, 9.17) is 0 Å². The average molecular weight is 217 g/mol. The molecule has 0 aliphatic rings. The molecule has 2 rings (SSSR count). The van der Waals surface area contributed by atoms with Crippen LogP contribution in [0.3, 0.4) is 0 Å². The Bertz CT molecular complexity index is 471. The van der Waals surface area contributed by atoms with Gasteiger partial charge < -0.3 is 9.72 Å². The van der Waals surface area contributed by atoms with Crippen molar-refractivity contribution in [2.24, 2.45) is 5.92 Å². The minimum Gasteiger partial charge on any atom is -0.311 e. The maximum Gasteiger partial charge on any atom is 0.139 e. The third-order valence-corrected chi connectivity index (χ3v) is 2.67. The van der Waals surface area contributed by atoms with Gasteiger partial charge >= 0.3 is 0 Å². The second kappa shape index (κ2) is 4.66. The molecule has 3 heteroatoms. The molecule has 0 atom stereocenters. The Labute approximate surface area is 96.5 Å². The van der Waals surface area contributed by atoms with Gasteiger partial charge in [-0.25, -0.2) is 4.98 Å². The molecule has 0 aliphatic heterocycles. The third kappa shape index (κ3) is 2.25. The smallest absolute Gasteiger partial charge is 0.139 e. The molecule has 0 unspecified atom stereocenters. The van der Waals surface area contributed by atoms with Gasteiger partial charge in [-0.3, -0.25) is 0 Å². The number of imidazole rings is 1. The summed E-state index contributed by atoms with van der Waals surface area (Å²) in [4.78, 5) is 4.44. The highest BCUT2D eigenvalue weighted by Gasteiger charge is 2.04. The molecule has 0 radical (unpaired) electrons. The van der Waals surface area contributed by atoms with Crippen LogP contribution >= 0.6 is 0 Å². The number of nitrogens with zero attached hydrogens (tertiary/aromatic N) is 2. The van der Waals surface area contributed by atoms with Gasteiger partial charge in [-0.05, 0) is 31.0 Å². The zero-order valence-corrected chi connectivity index (χ0v) is 10.2. The van der Waals surface area contributed by atoms with Crippen LogP contribution in [0.2, 0.25) is 0 Å². The maximum atomic E-state index is 4.44. The van der Waals surface area contributed by atoms with Gasteiger partial charge in [0, 0.05) is 12.7 Å². The monoisotopic (exact) mass is 217 g/mol. The first kappa shape index (κ1) is 11.1. The van der Waals surface area contributed by atoms with Gasteiger partial charge in [0.25, 0.3) is 0 Å². The van der Waals surface area contributed by atoms with Crippen molar-refractivity contribution >= 4 is 5.65 Å². The summed E-state index contributed by atoms with van der Waals surface area (Å²) in [5.74, 6) is 0.681. The van der Waals surface area contributed by atoms with Crippen molar-refractivity contribution in [2.45, 2.75) is 27.3 Å². The van der Waals surface area contributed by atoms with Crippen molar-refractivity contribution in [3.05, 3.63) is 35.8 Å². The number of hydrogen-bond acceptors (Lipinski definition) is 2. The molecule has 0 saturated heterocycles. The highest BCUT2D eigenvalue weighted by Crippen LogP contribution is 2.10. The summed E-state index contributed by atoms with van der Waals surface area (Å²) in [7, 11) is 0. The number of aromatic nitrogens is 2. The van der Waals surface area contributed by atoms with Crippen molar-refractivity contribution in [3.8, 4) is 0 Å². The van der Waals surface area contributed by atoms with Crippen LogP contribution in [0, 0.1) is 12.8 Å². The van der Waals surface area contributed by atoms with Crippen LogP contribution in [0.25, 0.3) is 5.65 Å². The Hall–Kier alpha value is -1.35. The molecule has 0 spiro atoms. The summed E-state index contributed by atoms with van der Waals surface area (Å²) in [6, 6.07) is 4.16. The maximum absolute atomic E-state index is 4.44. The fourth-order valence-electron chi connectivity index (χ4n) is 1.82. The highest BCUT2D eigenvalue weighted by molar-refractivity contribution is 5.48. The lowest BCUT2D eigenvalue weighted by Gasteiger charge is -2.07. The van der Waals surface area contributed by atoms with Crippen LogP contribution < -0.4 is 5.32 Å². The minimum absolute atomic E-state index is 0.681. The lowest BCUT2D eigenvalue weighted by Crippen LogP contribution is -2.19. The molecule has 86 valence electrons. The Morgan fingerprint density at radius 1 is 1.44 bits per heavy atom. The zero-order valence-electron chi connectivity index (χ0n) is 10.2. The fourth-order valence-corrected chi connectivity index (χ4v) is 1.82. The minimum atomic E-state index is 0.681. The molecule has 0 aliphatic carbocycles. The van der Waals surface area contributed by atoms with Crippen LogP contribution in [-0.4, -0.2) is 15.9 Å². The zero-order chi connectivity index (χ0) is 11.5. The Kier molecular flexibility index (Phi) is 3.25. The molecule has 3 nitrogen and oxygen atoms in total. The molecule has 0 bridgehead atoms. The van der Waals surface area contributed by atoms with E-state index < -0.39 is 0 Å². The van der Waals surface area contributed by atoms with Crippen molar-refractivity contribution in [1.82, 2.24) is 14.7 Å². The summed E-state index contributed by atoms with van der Waals surface area (Å²) in [6.45, 7) is 8.44. The number of nitrogens with one attached hydrogen (secondary N) is 1. The van der Waals surface area contributed by atoms with Crippen molar-refractivity contribution in [1.29, 1.82) is 0 Å².